The Morgan fingerprint density at radius 2 is 1.78 bits per heavy atom. The zero-order valence-corrected chi connectivity index (χ0v) is 14.2. The summed E-state index contributed by atoms with van der Waals surface area (Å²) in [5, 5.41) is 0.560. The predicted molar refractivity (Wildman–Crippen MR) is 94.6 cm³/mol. The van der Waals surface area contributed by atoms with Gasteiger partial charge in [0.05, 0.1) is 0 Å². The van der Waals surface area contributed by atoms with Crippen molar-refractivity contribution in [3.8, 4) is 5.75 Å². The number of amides is 2. The molecule has 0 aliphatic heterocycles. The van der Waals surface area contributed by atoms with Gasteiger partial charge in [-0.05, 0) is 31.2 Å². The number of hydrogen-bond donors (Lipinski definition) is 2. The zero-order valence-electron chi connectivity index (χ0n) is 14.2. The normalized spacial score (nSPS) is 11.6. The predicted octanol–water partition coefficient (Wildman–Crippen LogP) is 2.16. The van der Waals surface area contributed by atoms with Crippen LogP contribution in [0.2, 0.25) is 0 Å². The Hall–Kier alpha value is -3.68. The van der Waals surface area contributed by atoms with E-state index in [-0.39, 0.29) is 11.3 Å². The number of hydrogen-bond acceptors (Lipinski definition) is 5. The van der Waals surface area contributed by atoms with Gasteiger partial charge in [-0.2, -0.15) is 0 Å². The molecule has 1 heterocycles. The number of carbonyl (C=O) groups is 2. The maximum atomic E-state index is 13.5. The third kappa shape index (κ3) is 4.12. The van der Waals surface area contributed by atoms with E-state index in [9.17, 15) is 18.8 Å². The number of halogens is 1. The quantitative estimate of drug-likeness (QED) is 0.542. The first kappa shape index (κ1) is 18.1. The van der Waals surface area contributed by atoms with Crippen LogP contribution in [0.25, 0.3) is 11.0 Å². The average molecular weight is 370 g/mol. The molecule has 0 saturated carbocycles. The molecule has 0 aliphatic carbocycles. The highest BCUT2D eigenvalue weighted by atomic mass is 19.1. The second-order valence-electron chi connectivity index (χ2n) is 5.62. The Bertz CT molecular complexity index is 1060. The summed E-state index contributed by atoms with van der Waals surface area (Å²) in [4.78, 5) is 36.1. The number of nitrogens with one attached hydrogen (secondary N) is 2. The van der Waals surface area contributed by atoms with Crippen LogP contribution >= 0.6 is 0 Å². The largest absolute Gasteiger partial charge is 0.478 e. The Kier molecular flexibility index (Phi) is 5.16. The van der Waals surface area contributed by atoms with Crippen molar-refractivity contribution < 1.29 is 23.1 Å². The number of para-hydroxylation sites is 2. The summed E-state index contributed by atoms with van der Waals surface area (Å²) in [6.07, 6.45) is -1.09. The summed E-state index contributed by atoms with van der Waals surface area (Å²) in [7, 11) is 0. The molecule has 7 nitrogen and oxygen atoms in total. The molecule has 1 aromatic heterocycles. The second-order valence-corrected chi connectivity index (χ2v) is 5.62. The summed E-state index contributed by atoms with van der Waals surface area (Å²) in [6, 6.07) is 13.7. The van der Waals surface area contributed by atoms with Gasteiger partial charge in [-0.1, -0.05) is 30.3 Å². The molecule has 1 unspecified atom stereocenters. The van der Waals surface area contributed by atoms with Crippen molar-refractivity contribution in [3.63, 3.8) is 0 Å². The molecule has 27 heavy (non-hydrogen) atoms. The van der Waals surface area contributed by atoms with Crippen molar-refractivity contribution in [3.05, 3.63) is 76.4 Å². The van der Waals surface area contributed by atoms with Crippen molar-refractivity contribution in [2.45, 2.75) is 13.0 Å². The van der Waals surface area contributed by atoms with Gasteiger partial charge in [-0.15, -0.1) is 0 Å². The Labute approximate surface area is 152 Å². The smallest absolute Gasteiger partial charge is 0.349 e. The molecule has 1 atom stereocenters. The number of ether oxygens (including phenoxy) is 1. The van der Waals surface area contributed by atoms with Crippen molar-refractivity contribution in [2.24, 2.45) is 0 Å². The Morgan fingerprint density at radius 1 is 1.07 bits per heavy atom. The molecule has 2 aromatic carbocycles. The molecule has 2 amide bonds. The summed E-state index contributed by atoms with van der Waals surface area (Å²) in [5.74, 6) is -2.28. The molecule has 0 saturated heterocycles. The van der Waals surface area contributed by atoms with Crippen LogP contribution < -0.4 is 21.2 Å². The minimum absolute atomic E-state index is 0.0957. The summed E-state index contributed by atoms with van der Waals surface area (Å²) >= 11 is 0. The number of fused-ring (bicyclic) bond motifs is 1. The summed E-state index contributed by atoms with van der Waals surface area (Å²) in [6.45, 7) is 1.39. The van der Waals surface area contributed by atoms with Gasteiger partial charge >= 0.3 is 5.63 Å². The SMILES string of the molecule is CC(Oc1ccccc1F)C(=O)NNC(=O)c1cc2ccccc2oc1=O. The van der Waals surface area contributed by atoms with Crippen LogP contribution in [0.1, 0.15) is 17.3 Å². The van der Waals surface area contributed by atoms with Gasteiger partial charge in [0.15, 0.2) is 17.7 Å². The maximum Gasteiger partial charge on any atom is 0.349 e. The highest BCUT2D eigenvalue weighted by molar-refractivity contribution is 5.97. The molecule has 3 rings (SSSR count). The molecule has 138 valence electrons. The third-order valence-electron chi connectivity index (χ3n) is 3.69. The van der Waals surface area contributed by atoms with Crippen LogP contribution in [0.3, 0.4) is 0 Å². The zero-order chi connectivity index (χ0) is 19.4. The third-order valence-corrected chi connectivity index (χ3v) is 3.69. The van der Waals surface area contributed by atoms with E-state index >= 15 is 0 Å². The lowest BCUT2D eigenvalue weighted by molar-refractivity contribution is -0.128. The first-order valence-electron chi connectivity index (χ1n) is 8.00. The van der Waals surface area contributed by atoms with Crippen LogP contribution in [-0.4, -0.2) is 17.9 Å². The lowest BCUT2D eigenvalue weighted by Crippen LogP contribution is -2.48. The van der Waals surface area contributed by atoms with E-state index in [4.69, 9.17) is 9.15 Å². The first-order valence-corrected chi connectivity index (χ1v) is 8.00. The van der Waals surface area contributed by atoms with Crippen LogP contribution in [-0.2, 0) is 4.79 Å². The fourth-order valence-corrected chi connectivity index (χ4v) is 2.29. The van der Waals surface area contributed by atoms with E-state index in [2.05, 4.69) is 10.9 Å². The van der Waals surface area contributed by atoms with Gasteiger partial charge in [0.1, 0.15) is 11.1 Å². The van der Waals surface area contributed by atoms with Crippen LogP contribution in [0.4, 0.5) is 4.39 Å². The van der Waals surface area contributed by atoms with Gasteiger partial charge < -0.3 is 9.15 Å². The minimum atomic E-state index is -1.09. The Balaban J connectivity index is 1.65. The van der Waals surface area contributed by atoms with Gasteiger partial charge in [0.25, 0.3) is 11.8 Å². The van der Waals surface area contributed by atoms with E-state index in [0.29, 0.717) is 11.0 Å². The standard InChI is InChI=1S/C19H15FN2O5/c1-11(26-16-9-5-3-7-14(16)20)17(23)21-22-18(24)13-10-12-6-2-4-8-15(12)27-19(13)25/h2-11H,1H3,(H,21,23)(H,22,24). The summed E-state index contributed by atoms with van der Waals surface area (Å²) < 4.78 is 23.8. The van der Waals surface area contributed by atoms with Crippen LogP contribution in [0.15, 0.2) is 63.8 Å². The number of rotatable bonds is 4. The van der Waals surface area contributed by atoms with Crippen molar-refractivity contribution in [1.29, 1.82) is 0 Å². The molecule has 3 aromatic rings. The van der Waals surface area contributed by atoms with E-state index in [1.165, 1.54) is 31.2 Å². The second kappa shape index (κ2) is 7.69. The van der Waals surface area contributed by atoms with Crippen molar-refractivity contribution >= 4 is 22.8 Å². The van der Waals surface area contributed by atoms with E-state index in [1.807, 2.05) is 0 Å². The van der Waals surface area contributed by atoms with Crippen molar-refractivity contribution in [1.82, 2.24) is 10.9 Å². The molecular formula is C19H15FN2O5. The van der Waals surface area contributed by atoms with E-state index < -0.39 is 29.4 Å². The fourth-order valence-electron chi connectivity index (χ4n) is 2.29. The van der Waals surface area contributed by atoms with Gasteiger partial charge in [0, 0.05) is 5.39 Å². The topological polar surface area (TPSA) is 97.6 Å². The van der Waals surface area contributed by atoms with Crippen LogP contribution in [0.5, 0.6) is 5.75 Å². The molecule has 8 heteroatoms. The van der Waals surface area contributed by atoms with Gasteiger partial charge in [-0.25, -0.2) is 9.18 Å². The highest BCUT2D eigenvalue weighted by Gasteiger charge is 2.19. The molecule has 2 N–H and O–H groups in total. The molecule has 0 spiro atoms. The highest BCUT2D eigenvalue weighted by Crippen LogP contribution is 2.17. The molecule has 0 fully saturated rings. The minimum Gasteiger partial charge on any atom is -0.478 e. The number of carbonyl (C=O) groups excluding carboxylic acids is 2. The van der Waals surface area contributed by atoms with Gasteiger partial charge in [-0.3, -0.25) is 20.4 Å². The van der Waals surface area contributed by atoms with Gasteiger partial charge in [0.2, 0.25) is 0 Å². The number of benzene rings is 2. The molecule has 0 bridgehead atoms. The lowest BCUT2D eigenvalue weighted by atomic mass is 10.2. The summed E-state index contributed by atoms with van der Waals surface area (Å²) in [5.41, 5.74) is 3.48. The maximum absolute atomic E-state index is 13.5. The monoisotopic (exact) mass is 370 g/mol. The fraction of sp³-hybridized carbons (Fsp3) is 0.105. The Morgan fingerprint density at radius 3 is 2.56 bits per heavy atom. The lowest BCUT2D eigenvalue weighted by Gasteiger charge is -2.15. The van der Waals surface area contributed by atoms with E-state index in [0.717, 1.165) is 0 Å². The first-order chi connectivity index (χ1) is 13.0. The molecule has 0 radical (unpaired) electrons. The average Bonchev–Trinajstić information content (AvgIpc) is 2.67. The van der Waals surface area contributed by atoms with Crippen LogP contribution in [0, 0.1) is 5.82 Å². The molecule has 0 aliphatic rings. The molecular weight excluding hydrogens is 355 g/mol. The number of hydrazine groups is 1. The van der Waals surface area contributed by atoms with Crippen molar-refractivity contribution in [2.75, 3.05) is 0 Å². The van der Waals surface area contributed by atoms with E-state index in [1.54, 1.807) is 30.3 Å².